The fourth-order valence-electron chi connectivity index (χ4n) is 3.19. The smallest absolute Gasteiger partial charge is 0.237 e. The lowest BCUT2D eigenvalue weighted by Gasteiger charge is -2.24. The first-order chi connectivity index (χ1) is 10.6. The molecule has 118 valence electrons. The summed E-state index contributed by atoms with van der Waals surface area (Å²) in [6, 6.07) is 6.16. The topological polar surface area (TPSA) is 61.0 Å². The zero-order valence-corrected chi connectivity index (χ0v) is 13.4. The highest BCUT2D eigenvalue weighted by Crippen LogP contribution is 2.18. The molecule has 1 atom stereocenters. The minimum atomic E-state index is -0.00146. The molecule has 1 saturated heterocycles. The maximum absolute atomic E-state index is 12.5. The highest BCUT2D eigenvalue weighted by molar-refractivity contribution is 5.84. The van der Waals surface area contributed by atoms with Crippen LogP contribution in [-0.2, 0) is 11.3 Å². The number of likely N-dealkylation sites (N-methyl/N-ethyl adjacent to an activating group) is 1. The fourth-order valence-corrected chi connectivity index (χ4v) is 3.19. The lowest BCUT2D eigenvalue weighted by atomic mass is 10.1. The summed E-state index contributed by atoms with van der Waals surface area (Å²) in [5.41, 5.74) is 3.12. The molecule has 1 aliphatic rings. The van der Waals surface area contributed by atoms with Crippen molar-refractivity contribution in [1.82, 2.24) is 20.4 Å². The van der Waals surface area contributed by atoms with Gasteiger partial charge in [-0.2, -0.15) is 5.10 Å². The molecule has 1 aliphatic heterocycles. The minimum absolute atomic E-state index is 0.00146. The number of amides is 1. The van der Waals surface area contributed by atoms with Gasteiger partial charge in [-0.3, -0.25) is 14.8 Å². The van der Waals surface area contributed by atoms with Crippen LogP contribution >= 0.6 is 0 Å². The first-order valence-corrected chi connectivity index (χ1v) is 8.07. The molecular weight excluding hydrogens is 276 g/mol. The second kappa shape index (κ2) is 6.48. The maximum atomic E-state index is 12.5. The van der Waals surface area contributed by atoms with E-state index in [1.807, 2.05) is 19.2 Å². The Bertz CT molecular complexity index is 664. The molecule has 22 heavy (non-hydrogen) atoms. The summed E-state index contributed by atoms with van der Waals surface area (Å²) in [5.74, 6) is 0.125. The van der Waals surface area contributed by atoms with Gasteiger partial charge < -0.3 is 5.32 Å². The average Bonchev–Trinajstić information content (AvgIpc) is 2.77. The van der Waals surface area contributed by atoms with Gasteiger partial charge in [0.05, 0.1) is 23.8 Å². The predicted octanol–water partition coefficient (Wildman–Crippen LogP) is 2.36. The summed E-state index contributed by atoms with van der Waals surface area (Å²) in [6.45, 7) is 3.57. The zero-order chi connectivity index (χ0) is 15.5. The van der Waals surface area contributed by atoms with Crippen LogP contribution in [0.5, 0.6) is 0 Å². The van der Waals surface area contributed by atoms with Crippen LogP contribution < -0.4 is 5.32 Å². The van der Waals surface area contributed by atoms with Crippen molar-refractivity contribution < 1.29 is 4.79 Å². The molecule has 2 N–H and O–H groups in total. The molecule has 0 unspecified atom stereocenters. The van der Waals surface area contributed by atoms with Crippen molar-refractivity contribution in [1.29, 1.82) is 0 Å². The first-order valence-electron chi connectivity index (χ1n) is 8.07. The predicted molar refractivity (Wildman–Crippen MR) is 87.6 cm³/mol. The van der Waals surface area contributed by atoms with Gasteiger partial charge in [0, 0.05) is 5.39 Å². The number of benzene rings is 1. The summed E-state index contributed by atoms with van der Waals surface area (Å²) >= 11 is 0. The monoisotopic (exact) mass is 300 g/mol. The van der Waals surface area contributed by atoms with E-state index in [1.165, 1.54) is 18.4 Å². The number of hydrogen-bond acceptors (Lipinski definition) is 3. The van der Waals surface area contributed by atoms with E-state index in [9.17, 15) is 4.79 Å². The number of H-pyrrole nitrogens is 1. The molecule has 0 aliphatic carbocycles. The van der Waals surface area contributed by atoms with Crippen molar-refractivity contribution in [2.75, 3.05) is 13.6 Å². The van der Waals surface area contributed by atoms with Gasteiger partial charge in [-0.1, -0.05) is 24.5 Å². The highest BCUT2D eigenvalue weighted by atomic mass is 16.2. The van der Waals surface area contributed by atoms with E-state index in [1.54, 1.807) is 0 Å². The van der Waals surface area contributed by atoms with Crippen LogP contribution in [0.25, 0.3) is 10.9 Å². The molecule has 1 fully saturated rings. The third-order valence-electron chi connectivity index (χ3n) is 4.55. The first kappa shape index (κ1) is 15.0. The van der Waals surface area contributed by atoms with Gasteiger partial charge in [0.2, 0.25) is 5.91 Å². The molecule has 0 spiro atoms. The van der Waals surface area contributed by atoms with E-state index in [0.29, 0.717) is 6.54 Å². The molecule has 0 bridgehead atoms. The Morgan fingerprint density at radius 1 is 1.41 bits per heavy atom. The Labute approximate surface area is 131 Å². The number of nitrogens with zero attached hydrogens (tertiary/aromatic N) is 2. The summed E-state index contributed by atoms with van der Waals surface area (Å²) in [5, 5.41) is 11.5. The van der Waals surface area contributed by atoms with E-state index in [2.05, 4.69) is 33.4 Å². The summed E-state index contributed by atoms with van der Waals surface area (Å²) in [4.78, 5) is 14.7. The van der Waals surface area contributed by atoms with Crippen LogP contribution in [0.2, 0.25) is 0 Å². The van der Waals surface area contributed by atoms with Crippen molar-refractivity contribution in [3.8, 4) is 0 Å². The molecule has 1 amide bonds. The number of likely N-dealkylation sites (tertiary alicyclic amines) is 1. The average molecular weight is 300 g/mol. The van der Waals surface area contributed by atoms with Crippen molar-refractivity contribution >= 4 is 16.8 Å². The molecule has 0 radical (unpaired) electrons. The van der Waals surface area contributed by atoms with Crippen molar-refractivity contribution in [2.24, 2.45) is 0 Å². The van der Waals surface area contributed by atoms with E-state index in [-0.39, 0.29) is 11.9 Å². The van der Waals surface area contributed by atoms with Gasteiger partial charge >= 0.3 is 0 Å². The summed E-state index contributed by atoms with van der Waals surface area (Å²) in [6.07, 6.45) is 4.49. The Morgan fingerprint density at radius 2 is 2.27 bits per heavy atom. The van der Waals surface area contributed by atoms with Crippen molar-refractivity contribution in [3.05, 3.63) is 29.5 Å². The molecule has 5 nitrogen and oxygen atoms in total. The lowest BCUT2D eigenvalue weighted by molar-refractivity contribution is -0.126. The van der Waals surface area contributed by atoms with Crippen molar-refractivity contribution in [3.63, 3.8) is 0 Å². The largest absolute Gasteiger partial charge is 0.349 e. The van der Waals surface area contributed by atoms with Crippen LogP contribution in [0.3, 0.4) is 0 Å². The molecule has 3 rings (SSSR count). The van der Waals surface area contributed by atoms with Gasteiger partial charge in [0.25, 0.3) is 0 Å². The summed E-state index contributed by atoms with van der Waals surface area (Å²) < 4.78 is 0. The highest BCUT2D eigenvalue weighted by Gasteiger charge is 2.24. The van der Waals surface area contributed by atoms with Crippen LogP contribution in [0.15, 0.2) is 18.2 Å². The maximum Gasteiger partial charge on any atom is 0.237 e. The summed E-state index contributed by atoms with van der Waals surface area (Å²) in [7, 11) is 2.05. The van der Waals surface area contributed by atoms with Crippen molar-refractivity contribution in [2.45, 2.75) is 45.2 Å². The van der Waals surface area contributed by atoms with Gasteiger partial charge in [0.1, 0.15) is 0 Å². The van der Waals surface area contributed by atoms with Gasteiger partial charge in [-0.25, -0.2) is 0 Å². The van der Waals surface area contributed by atoms with Crippen LogP contribution in [0.1, 0.15) is 36.9 Å². The molecule has 5 heteroatoms. The SMILES string of the molecule is Cc1ccc2n[nH]c(CNC(=O)[C@H]3CCCCCN3C)c2c1. The van der Waals surface area contributed by atoms with Gasteiger partial charge in [-0.05, 0) is 45.5 Å². The number of rotatable bonds is 3. The number of fused-ring (bicyclic) bond motifs is 1. The van der Waals surface area contributed by atoms with E-state index >= 15 is 0 Å². The van der Waals surface area contributed by atoms with Crippen LogP contribution in [0.4, 0.5) is 0 Å². The fraction of sp³-hybridized carbons (Fsp3) is 0.529. The number of carbonyl (C=O) groups excluding carboxylic acids is 1. The third-order valence-corrected chi connectivity index (χ3v) is 4.55. The molecule has 1 aromatic heterocycles. The zero-order valence-electron chi connectivity index (χ0n) is 13.4. The Kier molecular flexibility index (Phi) is 4.43. The molecule has 1 aromatic carbocycles. The Balaban J connectivity index is 1.68. The normalized spacial score (nSPS) is 20.0. The van der Waals surface area contributed by atoms with Crippen LogP contribution in [0, 0.1) is 6.92 Å². The number of carbonyl (C=O) groups is 1. The number of nitrogens with one attached hydrogen (secondary N) is 2. The van der Waals surface area contributed by atoms with Crippen LogP contribution in [-0.4, -0.2) is 40.6 Å². The Morgan fingerprint density at radius 3 is 3.14 bits per heavy atom. The molecule has 2 heterocycles. The lowest BCUT2D eigenvalue weighted by Crippen LogP contribution is -2.44. The molecule has 2 aromatic rings. The quantitative estimate of drug-likeness (QED) is 0.915. The standard InChI is InChI=1S/C17H24N4O/c1-12-7-8-14-13(10-12)15(20-19-14)11-18-17(22)16-6-4-3-5-9-21(16)2/h7-8,10,16H,3-6,9,11H2,1-2H3,(H,18,22)(H,19,20)/t16-/m1/s1. The second-order valence-corrected chi connectivity index (χ2v) is 6.29. The van der Waals surface area contributed by atoms with E-state index in [4.69, 9.17) is 0 Å². The van der Waals surface area contributed by atoms with E-state index in [0.717, 1.165) is 36.0 Å². The Hall–Kier alpha value is -1.88. The van der Waals surface area contributed by atoms with Gasteiger partial charge in [-0.15, -0.1) is 0 Å². The molecule has 0 saturated carbocycles. The number of hydrogen-bond donors (Lipinski definition) is 2. The number of aryl methyl sites for hydroxylation is 1. The number of aromatic nitrogens is 2. The molecular formula is C17H24N4O. The number of aromatic amines is 1. The second-order valence-electron chi connectivity index (χ2n) is 6.29. The van der Waals surface area contributed by atoms with E-state index < -0.39 is 0 Å². The van der Waals surface area contributed by atoms with Gasteiger partial charge in [0.15, 0.2) is 0 Å². The third kappa shape index (κ3) is 3.14. The minimum Gasteiger partial charge on any atom is -0.349 e.